The van der Waals surface area contributed by atoms with Gasteiger partial charge in [-0.15, -0.1) is 11.3 Å². The molecule has 0 fully saturated rings. The van der Waals surface area contributed by atoms with Gasteiger partial charge in [0, 0.05) is 18.0 Å². The number of rotatable bonds is 3. The fourth-order valence-electron chi connectivity index (χ4n) is 1.36. The molecular formula is C9H10BrN3O2S2. The minimum absolute atomic E-state index is 0.288. The van der Waals surface area contributed by atoms with Gasteiger partial charge < -0.3 is 0 Å². The molecule has 0 atom stereocenters. The SMILES string of the molecule is Cc1sc(Br)cc1S(=O)(=O)Nc1ccnn1C. The Bertz CT molecular complexity index is 645. The lowest BCUT2D eigenvalue weighted by Gasteiger charge is -2.07. The van der Waals surface area contributed by atoms with Crippen LogP contribution in [-0.4, -0.2) is 18.2 Å². The maximum atomic E-state index is 12.1. The number of aromatic nitrogens is 2. The van der Waals surface area contributed by atoms with Crippen LogP contribution < -0.4 is 4.72 Å². The Morgan fingerprint density at radius 3 is 2.71 bits per heavy atom. The molecule has 2 heterocycles. The molecule has 0 radical (unpaired) electrons. The average Bonchev–Trinajstić information content (AvgIpc) is 2.74. The number of hydrogen-bond acceptors (Lipinski definition) is 4. The van der Waals surface area contributed by atoms with Gasteiger partial charge in [0.05, 0.1) is 9.98 Å². The van der Waals surface area contributed by atoms with E-state index in [1.807, 2.05) is 0 Å². The van der Waals surface area contributed by atoms with E-state index >= 15 is 0 Å². The van der Waals surface area contributed by atoms with Crippen molar-refractivity contribution in [3.63, 3.8) is 0 Å². The Morgan fingerprint density at radius 1 is 1.53 bits per heavy atom. The molecule has 0 unspecified atom stereocenters. The van der Waals surface area contributed by atoms with E-state index in [4.69, 9.17) is 0 Å². The second-order valence-electron chi connectivity index (χ2n) is 3.42. The van der Waals surface area contributed by atoms with Gasteiger partial charge in [0.25, 0.3) is 10.0 Å². The van der Waals surface area contributed by atoms with Gasteiger partial charge in [-0.05, 0) is 28.9 Å². The standard InChI is InChI=1S/C9H10BrN3O2S2/c1-6-7(5-8(10)16-6)17(14,15)12-9-3-4-11-13(9)2/h3-5,12H,1-2H3. The zero-order valence-corrected chi connectivity index (χ0v) is 12.4. The van der Waals surface area contributed by atoms with E-state index < -0.39 is 10.0 Å². The normalized spacial score (nSPS) is 11.7. The molecule has 0 amide bonds. The molecule has 2 rings (SSSR count). The van der Waals surface area contributed by atoms with Crippen LogP contribution in [0, 0.1) is 6.92 Å². The second-order valence-corrected chi connectivity index (χ2v) is 7.70. The average molecular weight is 336 g/mol. The summed E-state index contributed by atoms with van der Waals surface area (Å²) in [6.07, 6.45) is 1.54. The molecule has 0 aliphatic heterocycles. The number of aryl methyl sites for hydroxylation is 2. The highest BCUT2D eigenvalue weighted by Crippen LogP contribution is 2.30. The van der Waals surface area contributed by atoms with Crippen LogP contribution in [0.4, 0.5) is 5.82 Å². The molecule has 0 saturated heterocycles. The van der Waals surface area contributed by atoms with Crippen molar-refractivity contribution in [3.8, 4) is 0 Å². The van der Waals surface area contributed by atoms with E-state index in [1.165, 1.54) is 22.2 Å². The lowest BCUT2D eigenvalue weighted by Crippen LogP contribution is -2.15. The van der Waals surface area contributed by atoms with Crippen LogP contribution in [0.5, 0.6) is 0 Å². The van der Waals surface area contributed by atoms with Crippen LogP contribution in [0.2, 0.25) is 0 Å². The molecule has 2 aromatic rings. The second kappa shape index (κ2) is 4.43. The van der Waals surface area contributed by atoms with E-state index in [0.29, 0.717) is 5.82 Å². The summed E-state index contributed by atoms with van der Waals surface area (Å²) in [5.74, 6) is 0.437. The topological polar surface area (TPSA) is 64.0 Å². The maximum Gasteiger partial charge on any atom is 0.264 e. The summed E-state index contributed by atoms with van der Waals surface area (Å²) in [7, 11) is -1.87. The van der Waals surface area contributed by atoms with Gasteiger partial charge in [-0.25, -0.2) is 8.42 Å². The van der Waals surface area contributed by atoms with Crippen molar-refractivity contribution in [2.24, 2.45) is 7.05 Å². The Kier molecular flexibility index (Phi) is 3.28. The summed E-state index contributed by atoms with van der Waals surface area (Å²) in [5, 5.41) is 3.91. The zero-order chi connectivity index (χ0) is 12.6. The zero-order valence-electron chi connectivity index (χ0n) is 9.14. The molecule has 92 valence electrons. The number of sulfonamides is 1. The highest BCUT2D eigenvalue weighted by molar-refractivity contribution is 9.11. The van der Waals surface area contributed by atoms with E-state index in [2.05, 4.69) is 25.8 Å². The third-order valence-electron chi connectivity index (χ3n) is 2.19. The summed E-state index contributed by atoms with van der Waals surface area (Å²) < 4.78 is 29.0. The molecule has 8 heteroatoms. The first-order chi connectivity index (χ1) is 7.90. The number of anilines is 1. The van der Waals surface area contributed by atoms with Gasteiger partial charge >= 0.3 is 0 Å². The van der Waals surface area contributed by atoms with E-state index in [1.54, 1.807) is 26.1 Å². The third-order valence-corrected chi connectivity index (χ3v) is 5.36. The van der Waals surface area contributed by atoms with Crippen molar-refractivity contribution in [2.45, 2.75) is 11.8 Å². The van der Waals surface area contributed by atoms with Gasteiger partial charge in [-0.3, -0.25) is 9.40 Å². The molecular weight excluding hydrogens is 326 g/mol. The van der Waals surface area contributed by atoms with Crippen molar-refractivity contribution < 1.29 is 8.42 Å². The van der Waals surface area contributed by atoms with Crippen LogP contribution in [0.15, 0.2) is 27.0 Å². The van der Waals surface area contributed by atoms with Gasteiger partial charge in [-0.2, -0.15) is 5.10 Å². The Balaban J connectivity index is 2.38. The fraction of sp³-hybridized carbons (Fsp3) is 0.222. The Labute approximate surface area is 112 Å². The highest BCUT2D eigenvalue weighted by Gasteiger charge is 2.20. The van der Waals surface area contributed by atoms with Crippen molar-refractivity contribution in [3.05, 3.63) is 27.0 Å². The molecule has 1 N–H and O–H groups in total. The summed E-state index contributed by atoms with van der Waals surface area (Å²) in [4.78, 5) is 1.03. The van der Waals surface area contributed by atoms with E-state index in [0.717, 1.165) is 8.66 Å². The quantitative estimate of drug-likeness (QED) is 0.936. The van der Waals surface area contributed by atoms with Gasteiger partial charge in [-0.1, -0.05) is 0 Å². The molecule has 0 spiro atoms. The van der Waals surface area contributed by atoms with E-state index in [-0.39, 0.29) is 4.90 Å². The summed E-state index contributed by atoms with van der Waals surface area (Å²) in [5.41, 5.74) is 0. The Hall–Kier alpha value is -0.860. The summed E-state index contributed by atoms with van der Waals surface area (Å²) >= 11 is 4.66. The summed E-state index contributed by atoms with van der Waals surface area (Å²) in [6.45, 7) is 1.77. The van der Waals surface area contributed by atoms with E-state index in [9.17, 15) is 8.42 Å². The van der Waals surface area contributed by atoms with Crippen LogP contribution in [0.1, 0.15) is 4.88 Å². The highest BCUT2D eigenvalue weighted by atomic mass is 79.9. The first kappa shape index (κ1) is 12.6. The number of halogens is 1. The van der Waals surface area contributed by atoms with Gasteiger partial charge in [0.1, 0.15) is 10.7 Å². The lowest BCUT2D eigenvalue weighted by molar-refractivity contribution is 0.600. The smallest absolute Gasteiger partial charge is 0.264 e. The van der Waals surface area contributed by atoms with Gasteiger partial charge in [0.2, 0.25) is 0 Å². The van der Waals surface area contributed by atoms with Crippen LogP contribution >= 0.6 is 27.3 Å². The van der Waals surface area contributed by atoms with Crippen LogP contribution in [-0.2, 0) is 17.1 Å². The minimum Gasteiger partial charge on any atom is -0.264 e. The molecule has 0 saturated carbocycles. The predicted molar refractivity (Wildman–Crippen MR) is 70.8 cm³/mol. The molecule has 0 aromatic carbocycles. The van der Waals surface area contributed by atoms with Gasteiger partial charge in [0.15, 0.2) is 0 Å². The molecule has 17 heavy (non-hydrogen) atoms. The van der Waals surface area contributed by atoms with Crippen molar-refractivity contribution in [2.75, 3.05) is 4.72 Å². The molecule has 2 aromatic heterocycles. The molecule has 0 bridgehead atoms. The number of nitrogens with one attached hydrogen (secondary N) is 1. The number of nitrogens with zero attached hydrogens (tertiary/aromatic N) is 2. The van der Waals surface area contributed by atoms with Crippen molar-refractivity contribution in [1.29, 1.82) is 0 Å². The molecule has 5 nitrogen and oxygen atoms in total. The third kappa shape index (κ3) is 2.53. The fourth-order valence-corrected chi connectivity index (χ4v) is 4.87. The predicted octanol–water partition coefficient (Wildman–Crippen LogP) is 2.35. The minimum atomic E-state index is -3.55. The lowest BCUT2D eigenvalue weighted by atomic mass is 10.5. The first-order valence-corrected chi connectivity index (χ1v) is 7.76. The number of thiophene rings is 1. The monoisotopic (exact) mass is 335 g/mol. The Morgan fingerprint density at radius 2 is 2.24 bits per heavy atom. The first-order valence-electron chi connectivity index (χ1n) is 4.67. The van der Waals surface area contributed by atoms with Crippen LogP contribution in [0.25, 0.3) is 0 Å². The molecule has 0 aliphatic rings. The van der Waals surface area contributed by atoms with Crippen molar-refractivity contribution >= 4 is 43.1 Å². The van der Waals surface area contributed by atoms with Crippen molar-refractivity contribution in [1.82, 2.24) is 9.78 Å². The largest absolute Gasteiger partial charge is 0.264 e. The summed E-state index contributed by atoms with van der Waals surface area (Å²) in [6, 6.07) is 3.20. The van der Waals surface area contributed by atoms with Crippen LogP contribution in [0.3, 0.4) is 0 Å². The molecule has 0 aliphatic carbocycles. The number of hydrogen-bond donors (Lipinski definition) is 1. The maximum absolute atomic E-state index is 12.1.